The standard InChI is InChI=1S/C24H37N3O5/c1-17-8-6-9-18(2)22(17)31-15-7-10-20(28)26-19-11-13-27(14-12-19)21(29)16-25-23(30)32-24(3,4)5/h6,8-9,19H,7,10-16H2,1-5H3,(H,25,30)(H,26,28). The Hall–Kier alpha value is -2.77. The Bertz CT molecular complexity index is 775. The van der Waals surface area contributed by atoms with Crippen LogP contribution < -0.4 is 15.4 Å². The van der Waals surface area contributed by atoms with E-state index >= 15 is 0 Å². The molecule has 1 fully saturated rings. The molecule has 0 atom stereocenters. The Balaban J connectivity index is 1.61. The van der Waals surface area contributed by atoms with Crippen molar-refractivity contribution in [2.45, 2.75) is 71.9 Å². The fourth-order valence-electron chi connectivity index (χ4n) is 3.58. The number of aryl methyl sites for hydroxylation is 2. The molecule has 1 aliphatic rings. The Morgan fingerprint density at radius 2 is 1.72 bits per heavy atom. The molecule has 1 saturated heterocycles. The average Bonchev–Trinajstić information content (AvgIpc) is 2.70. The van der Waals surface area contributed by atoms with Crippen LogP contribution in [0.4, 0.5) is 4.79 Å². The summed E-state index contributed by atoms with van der Waals surface area (Å²) in [6.45, 7) is 10.8. The third-order valence-electron chi connectivity index (χ3n) is 5.20. The van der Waals surface area contributed by atoms with E-state index in [0.717, 1.165) is 16.9 Å². The van der Waals surface area contributed by atoms with Gasteiger partial charge in [-0.15, -0.1) is 0 Å². The number of carbonyl (C=O) groups is 3. The van der Waals surface area contributed by atoms with Gasteiger partial charge in [0.25, 0.3) is 0 Å². The van der Waals surface area contributed by atoms with Gasteiger partial charge in [0.05, 0.1) is 6.61 Å². The quantitative estimate of drug-likeness (QED) is 0.597. The van der Waals surface area contributed by atoms with Gasteiger partial charge < -0.3 is 25.0 Å². The van der Waals surface area contributed by atoms with Crippen LogP contribution in [0.5, 0.6) is 5.75 Å². The number of rotatable bonds is 8. The number of benzene rings is 1. The first-order valence-electron chi connectivity index (χ1n) is 11.3. The maximum absolute atomic E-state index is 12.3. The Kier molecular flexibility index (Phi) is 9.35. The topological polar surface area (TPSA) is 97.0 Å². The van der Waals surface area contributed by atoms with E-state index < -0.39 is 11.7 Å². The molecule has 1 heterocycles. The second-order valence-electron chi connectivity index (χ2n) is 9.25. The molecule has 2 rings (SSSR count). The molecule has 3 amide bonds. The Labute approximate surface area is 191 Å². The highest BCUT2D eigenvalue weighted by Crippen LogP contribution is 2.22. The second kappa shape index (κ2) is 11.7. The first kappa shape index (κ1) is 25.5. The van der Waals surface area contributed by atoms with Gasteiger partial charge in [-0.3, -0.25) is 9.59 Å². The average molecular weight is 448 g/mol. The van der Waals surface area contributed by atoms with E-state index in [0.29, 0.717) is 45.4 Å². The number of hydrogen-bond acceptors (Lipinski definition) is 5. The lowest BCUT2D eigenvalue weighted by molar-refractivity contribution is -0.131. The molecule has 1 aromatic carbocycles. The third-order valence-corrected chi connectivity index (χ3v) is 5.20. The van der Waals surface area contributed by atoms with Crippen LogP contribution in [-0.4, -0.2) is 60.7 Å². The highest BCUT2D eigenvalue weighted by Gasteiger charge is 2.24. The van der Waals surface area contributed by atoms with Gasteiger partial charge >= 0.3 is 6.09 Å². The van der Waals surface area contributed by atoms with Gasteiger partial charge in [0, 0.05) is 25.6 Å². The molecule has 1 aromatic rings. The molecule has 178 valence electrons. The fraction of sp³-hybridized carbons (Fsp3) is 0.625. The van der Waals surface area contributed by atoms with Crippen LogP contribution in [0.2, 0.25) is 0 Å². The van der Waals surface area contributed by atoms with Crippen LogP contribution in [0.3, 0.4) is 0 Å². The lowest BCUT2D eigenvalue weighted by Crippen LogP contribution is -2.49. The molecule has 0 aliphatic carbocycles. The Morgan fingerprint density at radius 1 is 1.09 bits per heavy atom. The summed E-state index contributed by atoms with van der Waals surface area (Å²) in [4.78, 5) is 37.9. The molecule has 0 saturated carbocycles. The molecule has 0 unspecified atom stereocenters. The molecule has 32 heavy (non-hydrogen) atoms. The summed E-state index contributed by atoms with van der Waals surface area (Å²) in [5.41, 5.74) is 1.59. The molecule has 0 radical (unpaired) electrons. The van der Waals surface area contributed by atoms with E-state index in [-0.39, 0.29) is 24.4 Å². The van der Waals surface area contributed by atoms with Gasteiger partial charge in [-0.1, -0.05) is 18.2 Å². The molecule has 1 aliphatic heterocycles. The molecule has 8 nitrogen and oxygen atoms in total. The fourth-order valence-corrected chi connectivity index (χ4v) is 3.58. The van der Waals surface area contributed by atoms with Gasteiger partial charge in [-0.2, -0.15) is 0 Å². The van der Waals surface area contributed by atoms with E-state index in [2.05, 4.69) is 10.6 Å². The van der Waals surface area contributed by atoms with Gasteiger partial charge in [0.1, 0.15) is 17.9 Å². The zero-order chi connectivity index (χ0) is 23.7. The number of para-hydroxylation sites is 1. The van der Waals surface area contributed by atoms with Crippen LogP contribution in [0.1, 0.15) is 57.6 Å². The van der Waals surface area contributed by atoms with Crippen molar-refractivity contribution < 1.29 is 23.9 Å². The van der Waals surface area contributed by atoms with E-state index in [1.807, 2.05) is 32.0 Å². The highest BCUT2D eigenvalue weighted by molar-refractivity contribution is 5.82. The van der Waals surface area contributed by atoms with Crippen molar-refractivity contribution in [2.24, 2.45) is 0 Å². The first-order chi connectivity index (χ1) is 15.0. The van der Waals surface area contributed by atoms with Crippen molar-refractivity contribution >= 4 is 17.9 Å². The minimum absolute atomic E-state index is 0.00599. The number of piperidine rings is 1. The number of nitrogens with one attached hydrogen (secondary N) is 2. The molecular formula is C24H37N3O5. The largest absolute Gasteiger partial charge is 0.493 e. The summed E-state index contributed by atoms with van der Waals surface area (Å²) in [6.07, 6.45) is 1.84. The summed E-state index contributed by atoms with van der Waals surface area (Å²) >= 11 is 0. The van der Waals surface area contributed by atoms with Crippen molar-refractivity contribution in [3.8, 4) is 5.75 Å². The summed E-state index contributed by atoms with van der Waals surface area (Å²) in [7, 11) is 0. The molecular weight excluding hydrogens is 410 g/mol. The predicted octanol–water partition coefficient (Wildman–Crippen LogP) is 3.09. The van der Waals surface area contributed by atoms with Crippen molar-refractivity contribution in [1.82, 2.24) is 15.5 Å². The van der Waals surface area contributed by atoms with Crippen molar-refractivity contribution in [3.63, 3.8) is 0 Å². The number of likely N-dealkylation sites (tertiary alicyclic amines) is 1. The second-order valence-corrected chi connectivity index (χ2v) is 9.25. The van der Waals surface area contributed by atoms with E-state index in [4.69, 9.17) is 9.47 Å². The van der Waals surface area contributed by atoms with Gasteiger partial charge in [-0.25, -0.2) is 4.79 Å². The lowest BCUT2D eigenvalue weighted by Gasteiger charge is -2.32. The van der Waals surface area contributed by atoms with Crippen LogP contribution in [0.25, 0.3) is 0 Å². The van der Waals surface area contributed by atoms with E-state index in [1.165, 1.54) is 0 Å². The number of carbonyl (C=O) groups excluding carboxylic acids is 3. The number of ether oxygens (including phenoxy) is 2. The van der Waals surface area contributed by atoms with Crippen molar-refractivity contribution in [3.05, 3.63) is 29.3 Å². The van der Waals surface area contributed by atoms with Gasteiger partial charge in [0.15, 0.2) is 0 Å². The molecule has 0 spiro atoms. The summed E-state index contributed by atoms with van der Waals surface area (Å²) < 4.78 is 11.0. The summed E-state index contributed by atoms with van der Waals surface area (Å²) in [5, 5.41) is 5.55. The van der Waals surface area contributed by atoms with E-state index in [1.54, 1.807) is 25.7 Å². The smallest absolute Gasteiger partial charge is 0.408 e. The minimum atomic E-state index is -0.602. The van der Waals surface area contributed by atoms with E-state index in [9.17, 15) is 14.4 Å². The molecule has 8 heteroatoms. The SMILES string of the molecule is Cc1cccc(C)c1OCCCC(=O)NC1CCN(C(=O)CNC(=O)OC(C)(C)C)CC1. The minimum Gasteiger partial charge on any atom is -0.493 e. The normalized spacial score (nSPS) is 14.6. The van der Waals surface area contributed by atoms with Gasteiger partial charge in [-0.05, 0) is 65.0 Å². The lowest BCUT2D eigenvalue weighted by atomic mass is 10.0. The molecule has 0 bridgehead atoms. The zero-order valence-corrected chi connectivity index (χ0v) is 20.0. The maximum Gasteiger partial charge on any atom is 0.408 e. The van der Waals surface area contributed by atoms with Crippen molar-refractivity contribution in [2.75, 3.05) is 26.2 Å². The van der Waals surface area contributed by atoms with Crippen LogP contribution in [0, 0.1) is 13.8 Å². The van der Waals surface area contributed by atoms with Crippen LogP contribution in [0.15, 0.2) is 18.2 Å². The number of hydrogen-bond donors (Lipinski definition) is 2. The molecule has 2 N–H and O–H groups in total. The summed E-state index contributed by atoms with van der Waals surface area (Å²) in [6, 6.07) is 6.09. The van der Waals surface area contributed by atoms with Crippen LogP contribution in [-0.2, 0) is 14.3 Å². The monoisotopic (exact) mass is 447 g/mol. The molecule has 0 aromatic heterocycles. The predicted molar refractivity (Wildman–Crippen MR) is 123 cm³/mol. The number of nitrogens with zero attached hydrogens (tertiary/aromatic N) is 1. The summed E-state index contributed by atoms with van der Waals surface area (Å²) in [5.74, 6) is 0.752. The Morgan fingerprint density at radius 3 is 2.31 bits per heavy atom. The number of amides is 3. The first-order valence-corrected chi connectivity index (χ1v) is 11.3. The van der Waals surface area contributed by atoms with Crippen molar-refractivity contribution in [1.29, 1.82) is 0 Å². The number of alkyl carbamates (subject to hydrolysis) is 1. The zero-order valence-electron chi connectivity index (χ0n) is 20.0. The maximum atomic E-state index is 12.3. The van der Waals surface area contributed by atoms with Gasteiger partial charge in [0.2, 0.25) is 11.8 Å². The van der Waals surface area contributed by atoms with Crippen LogP contribution >= 0.6 is 0 Å². The third kappa shape index (κ3) is 8.77. The highest BCUT2D eigenvalue weighted by atomic mass is 16.6.